The zero-order valence-electron chi connectivity index (χ0n) is 15.2. The van der Waals surface area contributed by atoms with E-state index in [2.05, 4.69) is 13.8 Å². The Morgan fingerprint density at radius 2 is 0.524 bits per heavy atom. The number of rotatable bonds is 0. The summed E-state index contributed by atoms with van der Waals surface area (Å²) in [6, 6.07) is 0. The maximum absolute atomic E-state index is 2.50. The van der Waals surface area contributed by atoms with Crippen molar-refractivity contribution in [2.24, 2.45) is 5.41 Å². The largest absolute Gasteiger partial charge is 0.0599 e. The molecule has 0 aromatic carbocycles. The average Bonchev–Trinajstić information content (AvgIpc) is 2.45. The Morgan fingerprint density at radius 1 is 0.333 bits per heavy atom. The SMILES string of the molecule is CC1(C)CCCCCCCCCCCCCCCCCC1. The number of hydrogen-bond donors (Lipinski definition) is 0. The van der Waals surface area contributed by atoms with Gasteiger partial charge in [0.2, 0.25) is 0 Å². The molecule has 1 rings (SSSR count). The molecule has 0 atom stereocenters. The Labute approximate surface area is 135 Å². The third kappa shape index (κ3) is 12.2. The van der Waals surface area contributed by atoms with E-state index in [-0.39, 0.29) is 0 Å². The molecule has 0 aliphatic heterocycles. The summed E-state index contributed by atoms with van der Waals surface area (Å²) in [7, 11) is 0. The van der Waals surface area contributed by atoms with Crippen molar-refractivity contribution < 1.29 is 0 Å². The number of hydrogen-bond acceptors (Lipinski definition) is 0. The van der Waals surface area contributed by atoms with Crippen molar-refractivity contribution in [3.05, 3.63) is 0 Å². The van der Waals surface area contributed by atoms with Crippen LogP contribution in [-0.2, 0) is 0 Å². The summed E-state index contributed by atoms with van der Waals surface area (Å²) >= 11 is 0. The third-order valence-electron chi connectivity index (χ3n) is 5.46. The summed E-state index contributed by atoms with van der Waals surface area (Å²) in [5, 5.41) is 0. The van der Waals surface area contributed by atoms with Crippen LogP contribution in [0.3, 0.4) is 0 Å². The minimum absolute atomic E-state index is 0.600. The first kappa shape index (κ1) is 19.0. The first-order valence-electron chi connectivity index (χ1n) is 10.2. The van der Waals surface area contributed by atoms with Crippen LogP contribution < -0.4 is 0 Å². The summed E-state index contributed by atoms with van der Waals surface area (Å²) in [6.45, 7) is 4.99. The van der Waals surface area contributed by atoms with Gasteiger partial charge in [0.05, 0.1) is 0 Å². The highest BCUT2D eigenvalue weighted by atomic mass is 14.2. The lowest BCUT2D eigenvalue weighted by Gasteiger charge is -2.24. The van der Waals surface area contributed by atoms with Gasteiger partial charge in [0.1, 0.15) is 0 Å². The fourth-order valence-corrected chi connectivity index (χ4v) is 3.81. The van der Waals surface area contributed by atoms with Gasteiger partial charge in [-0.3, -0.25) is 0 Å². The van der Waals surface area contributed by atoms with Gasteiger partial charge in [-0.05, 0) is 18.3 Å². The zero-order valence-corrected chi connectivity index (χ0v) is 15.2. The maximum atomic E-state index is 2.50. The molecule has 0 saturated heterocycles. The second kappa shape index (κ2) is 12.5. The minimum Gasteiger partial charge on any atom is -0.0599 e. The van der Waals surface area contributed by atoms with E-state index >= 15 is 0 Å². The van der Waals surface area contributed by atoms with Gasteiger partial charge in [-0.15, -0.1) is 0 Å². The summed E-state index contributed by atoms with van der Waals surface area (Å²) in [5.74, 6) is 0. The van der Waals surface area contributed by atoms with E-state index in [0.29, 0.717) is 5.41 Å². The lowest BCUT2D eigenvalue weighted by Crippen LogP contribution is -2.11. The molecule has 126 valence electrons. The molecular weight excluding hydrogens is 252 g/mol. The van der Waals surface area contributed by atoms with Gasteiger partial charge in [0.15, 0.2) is 0 Å². The molecular formula is C21H42. The molecule has 0 heteroatoms. The van der Waals surface area contributed by atoms with Crippen LogP contribution in [0.5, 0.6) is 0 Å². The molecule has 1 fully saturated rings. The van der Waals surface area contributed by atoms with Gasteiger partial charge < -0.3 is 0 Å². The molecule has 0 aromatic heterocycles. The van der Waals surface area contributed by atoms with E-state index in [1.54, 1.807) is 0 Å². The molecule has 1 saturated carbocycles. The predicted octanol–water partition coefficient (Wildman–Crippen LogP) is 8.05. The molecule has 0 heterocycles. The molecule has 0 nitrogen and oxygen atoms in total. The van der Waals surface area contributed by atoms with E-state index in [9.17, 15) is 0 Å². The maximum Gasteiger partial charge on any atom is -0.0354 e. The van der Waals surface area contributed by atoms with Crippen LogP contribution in [0, 0.1) is 5.41 Å². The molecule has 21 heavy (non-hydrogen) atoms. The molecule has 0 N–H and O–H groups in total. The first-order valence-corrected chi connectivity index (χ1v) is 10.2. The van der Waals surface area contributed by atoms with E-state index in [1.807, 2.05) is 0 Å². The van der Waals surface area contributed by atoms with Crippen LogP contribution in [0.1, 0.15) is 129 Å². The predicted molar refractivity (Wildman–Crippen MR) is 96.9 cm³/mol. The molecule has 0 radical (unpaired) electrons. The van der Waals surface area contributed by atoms with Crippen molar-refractivity contribution in [2.75, 3.05) is 0 Å². The van der Waals surface area contributed by atoms with Crippen molar-refractivity contribution in [2.45, 2.75) is 129 Å². The highest BCUT2D eigenvalue weighted by molar-refractivity contribution is 4.69. The van der Waals surface area contributed by atoms with E-state index in [1.165, 1.54) is 116 Å². The van der Waals surface area contributed by atoms with Crippen molar-refractivity contribution in [1.29, 1.82) is 0 Å². The Hall–Kier alpha value is 0. The van der Waals surface area contributed by atoms with Crippen LogP contribution in [0.2, 0.25) is 0 Å². The Kier molecular flexibility index (Phi) is 11.4. The second-order valence-corrected chi connectivity index (χ2v) is 8.32. The Balaban J connectivity index is 2.18. The van der Waals surface area contributed by atoms with E-state index in [4.69, 9.17) is 0 Å². The Morgan fingerprint density at radius 3 is 0.762 bits per heavy atom. The topological polar surface area (TPSA) is 0 Å². The minimum atomic E-state index is 0.600. The molecule has 0 bridgehead atoms. The third-order valence-corrected chi connectivity index (χ3v) is 5.46. The van der Waals surface area contributed by atoms with Gasteiger partial charge in [0.25, 0.3) is 0 Å². The normalized spacial score (nSPS) is 25.4. The van der Waals surface area contributed by atoms with Gasteiger partial charge in [0, 0.05) is 0 Å². The van der Waals surface area contributed by atoms with Gasteiger partial charge in [-0.1, -0.05) is 117 Å². The molecule has 0 amide bonds. The molecule has 0 spiro atoms. The zero-order chi connectivity index (χ0) is 15.2. The lowest BCUT2D eigenvalue weighted by atomic mass is 9.82. The van der Waals surface area contributed by atoms with Crippen LogP contribution in [0.15, 0.2) is 0 Å². The summed E-state index contributed by atoms with van der Waals surface area (Å²) in [6.07, 6.45) is 26.7. The summed E-state index contributed by atoms with van der Waals surface area (Å²) in [5.41, 5.74) is 0.600. The molecule has 0 unspecified atom stereocenters. The quantitative estimate of drug-likeness (QED) is 0.424. The standard InChI is InChI=1S/C21H42/c1-21(2)19-17-15-13-11-9-7-5-3-4-6-8-10-12-14-16-18-20-21/h3-20H2,1-2H3. The second-order valence-electron chi connectivity index (χ2n) is 8.32. The summed E-state index contributed by atoms with van der Waals surface area (Å²) in [4.78, 5) is 0. The smallest absolute Gasteiger partial charge is 0.0354 e. The average molecular weight is 295 g/mol. The van der Waals surface area contributed by atoms with Crippen molar-refractivity contribution in [3.63, 3.8) is 0 Å². The fraction of sp³-hybridized carbons (Fsp3) is 1.00. The fourth-order valence-electron chi connectivity index (χ4n) is 3.81. The lowest BCUT2D eigenvalue weighted by molar-refractivity contribution is 0.282. The van der Waals surface area contributed by atoms with Crippen LogP contribution in [-0.4, -0.2) is 0 Å². The van der Waals surface area contributed by atoms with Crippen molar-refractivity contribution in [1.82, 2.24) is 0 Å². The van der Waals surface area contributed by atoms with E-state index < -0.39 is 0 Å². The van der Waals surface area contributed by atoms with Crippen molar-refractivity contribution in [3.8, 4) is 0 Å². The van der Waals surface area contributed by atoms with Gasteiger partial charge in [-0.2, -0.15) is 0 Å². The first-order chi connectivity index (χ1) is 10.2. The Bertz CT molecular complexity index is 194. The molecule has 1 aliphatic rings. The molecule has 1 aliphatic carbocycles. The van der Waals surface area contributed by atoms with Gasteiger partial charge >= 0.3 is 0 Å². The van der Waals surface area contributed by atoms with Crippen LogP contribution in [0.4, 0.5) is 0 Å². The van der Waals surface area contributed by atoms with Gasteiger partial charge in [-0.25, -0.2) is 0 Å². The summed E-state index contributed by atoms with van der Waals surface area (Å²) < 4.78 is 0. The van der Waals surface area contributed by atoms with Crippen molar-refractivity contribution >= 4 is 0 Å². The van der Waals surface area contributed by atoms with E-state index in [0.717, 1.165) is 0 Å². The highest BCUT2D eigenvalue weighted by Gasteiger charge is 2.16. The highest BCUT2D eigenvalue weighted by Crippen LogP contribution is 2.30. The van der Waals surface area contributed by atoms with Crippen LogP contribution in [0.25, 0.3) is 0 Å². The molecule has 0 aromatic rings. The van der Waals surface area contributed by atoms with Crippen LogP contribution >= 0.6 is 0 Å². The monoisotopic (exact) mass is 294 g/mol.